The molecule has 0 spiro atoms. The maximum atomic E-state index is 2.65. The molecule has 1 aliphatic carbocycles. The number of hydrogen-bond donors (Lipinski definition) is 0. The van der Waals surface area contributed by atoms with Crippen LogP contribution in [0, 0.1) is 11.8 Å². The highest BCUT2D eigenvalue weighted by Gasteiger charge is 2.36. The van der Waals surface area contributed by atoms with Crippen molar-refractivity contribution in [3.8, 4) is 0 Å². The zero-order chi connectivity index (χ0) is 7.68. The molecule has 0 bridgehead atoms. The number of hydrogen-bond acceptors (Lipinski definition) is 1. The Bertz CT molecular complexity index is 127. The lowest BCUT2D eigenvalue weighted by atomic mass is 10.2. The predicted molar refractivity (Wildman–Crippen MR) is 47.6 cm³/mol. The lowest BCUT2D eigenvalue weighted by molar-refractivity contribution is 0.316. The van der Waals surface area contributed by atoms with Crippen LogP contribution < -0.4 is 0 Å². The van der Waals surface area contributed by atoms with Gasteiger partial charge in [0, 0.05) is 6.54 Å². The van der Waals surface area contributed by atoms with Crippen LogP contribution in [-0.2, 0) is 0 Å². The molecule has 11 heavy (non-hydrogen) atoms. The average molecular weight is 153 g/mol. The van der Waals surface area contributed by atoms with Crippen LogP contribution in [0.3, 0.4) is 0 Å². The van der Waals surface area contributed by atoms with Crippen molar-refractivity contribution in [2.75, 3.05) is 19.6 Å². The van der Waals surface area contributed by atoms with Crippen molar-refractivity contribution in [1.82, 2.24) is 4.90 Å². The van der Waals surface area contributed by atoms with Gasteiger partial charge in [0.2, 0.25) is 0 Å². The van der Waals surface area contributed by atoms with Crippen molar-refractivity contribution < 1.29 is 0 Å². The summed E-state index contributed by atoms with van der Waals surface area (Å²) in [5, 5.41) is 0. The molecule has 2 rings (SSSR count). The minimum Gasteiger partial charge on any atom is -0.303 e. The minimum atomic E-state index is 1.08. The van der Waals surface area contributed by atoms with Gasteiger partial charge in [0.25, 0.3) is 0 Å². The summed E-state index contributed by atoms with van der Waals surface area (Å²) in [5.74, 6) is 2.17. The molecule has 0 aromatic rings. The van der Waals surface area contributed by atoms with Crippen LogP contribution in [0.4, 0.5) is 0 Å². The van der Waals surface area contributed by atoms with Gasteiger partial charge in [-0.05, 0) is 44.2 Å². The van der Waals surface area contributed by atoms with E-state index in [4.69, 9.17) is 0 Å². The fourth-order valence-electron chi connectivity index (χ4n) is 2.33. The molecule has 0 aromatic carbocycles. The molecule has 2 atom stereocenters. The summed E-state index contributed by atoms with van der Waals surface area (Å²) in [7, 11) is 0. The van der Waals surface area contributed by atoms with Gasteiger partial charge in [0.1, 0.15) is 0 Å². The second-order valence-corrected chi connectivity index (χ2v) is 4.17. The highest BCUT2D eigenvalue weighted by molar-refractivity contribution is 4.88. The van der Waals surface area contributed by atoms with Gasteiger partial charge < -0.3 is 4.90 Å². The number of nitrogens with zero attached hydrogens (tertiary/aromatic N) is 1. The summed E-state index contributed by atoms with van der Waals surface area (Å²) in [6.07, 6.45) is 5.83. The molecule has 1 heterocycles. The molecule has 0 N–H and O–H groups in total. The van der Waals surface area contributed by atoms with E-state index in [9.17, 15) is 0 Å². The first-order valence-electron chi connectivity index (χ1n) is 5.12. The molecular formula is C10H19N. The summed E-state index contributed by atoms with van der Waals surface area (Å²) in [6, 6.07) is 0. The van der Waals surface area contributed by atoms with Gasteiger partial charge in [-0.15, -0.1) is 0 Å². The normalized spacial score (nSPS) is 37.9. The fraction of sp³-hybridized carbons (Fsp3) is 1.00. The largest absolute Gasteiger partial charge is 0.303 e. The lowest BCUT2D eigenvalue weighted by Gasteiger charge is -2.13. The van der Waals surface area contributed by atoms with Gasteiger partial charge in [-0.2, -0.15) is 0 Å². The minimum absolute atomic E-state index is 1.08. The van der Waals surface area contributed by atoms with Crippen LogP contribution in [-0.4, -0.2) is 24.5 Å². The highest BCUT2D eigenvalue weighted by Crippen LogP contribution is 2.41. The lowest BCUT2D eigenvalue weighted by Crippen LogP contribution is -2.22. The Labute approximate surface area is 69.8 Å². The Hall–Kier alpha value is -0.0400. The SMILES string of the molecule is CCC1CC1CN1CCCC1. The van der Waals surface area contributed by atoms with Crippen LogP contribution in [0.2, 0.25) is 0 Å². The van der Waals surface area contributed by atoms with E-state index in [2.05, 4.69) is 11.8 Å². The van der Waals surface area contributed by atoms with Crippen LogP contribution in [0.15, 0.2) is 0 Å². The molecule has 64 valence electrons. The van der Waals surface area contributed by atoms with Crippen LogP contribution in [0.25, 0.3) is 0 Å². The summed E-state index contributed by atoms with van der Waals surface area (Å²) in [4.78, 5) is 2.65. The van der Waals surface area contributed by atoms with E-state index in [1.807, 2.05) is 0 Å². The smallest absolute Gasteiger partial charge is 0.00124 e. The zero-order valence-corrected chi connectivity index (χ0v) is 7.55. The van der Waals surface area contributed by atoms with Gasteiger partial charge in [0.15, 0.2) is 0 Å². The van der Waals surface area contributed by atoms with E-state index in [0.29, 0.717) is 0 Å². The predicted octanol–water partition coefficient (Wildman–Crippen LogP) is 2.13. The third-order valence-corrected chi connectivity index (χ3v) is 3.28. The van der Waals surface area contributed by atoms with Crippen LogP contribution >= 0.6 is 0 Å². The van der Waals surface area contributed by atoms with E-state index >= 15 is 0 Å². The Kier molecular flexibility index (Phi) is 2.17. The Morgan fingerprint density at radius 1 is 1.18 bits per heavy atom. The van der Waals surface area contributed by atoms with Gasteiger partial charge in [-0.1, -0.05) is 13.3 Å². The molecule has 1 nitrogen and oxygen atoms in total. The second kappa shape index (κ2) is 3.14. The average Bonchev–Trinajstić information content (AvgIpc) is 2.54. The van der Waals surface area contributed by atoms with Crippen LogP contribution in [0.1, 0.15) is 32.6 Å². The number of likely N-dealkylation sites (tertiary alicyclic amines) is 1. The van der Waals surface area contributed by atoms with E-state index < -0.39 is 0 Å². The van der Waals surface area contributed by atoms with Crippen molar-refractivity contribution >= 4 is 0 Å². The van der Waals surface area contributed by atoms with Gasteiger partial charge >= 0.3 is 0 Å². The Morgan fingerprint density at radius 2 is 1.91 bits per heavy atom. The van der Waals surface area contributed by atoms with Gasteiger partial charge in [0.05, 0.1) is 0 Å². The molecule has 0 amide bonds. The first-order chi connectivity index (χ1) is 5.40. The maximum Gasteiger partial charge on any atom is 0.00124 e. The topological polar surface area (TPSA) is 3.24 Å². The summed E-state index contributed by atoms with van der Waals surface area (Å²) < 4.78 is 0. The third kappa shape index (κ3) is 1.76. The Balaban J connectivity index is 1.66. The van der Waals surface area contributed by atoms with Crippen molar-refractivity contribution in [1.29, 1.82) is 0 Å². The molecule has 0 aromatic heterocycles. The van der Waals surface area contributed by atoms with E-state index in [-0.39, 0.29) is 0 Å². The summed E-state index contributed by atoms with van der Waals surface area (Å²) >= 11 is 0. The molecule has 2 fully saturated rings. The first-order valence-corrected chi connectivity index (χ1v) is 5.12. The maximum absolute atomic E-state index is 2.65. The first kappa shape index (κ1) is 7.60. The van der Waals surface area contributed by atoms with E-state index in [0.717, 1.165) is 11.8 Å². The van der Waals surface area contributed by atoms with Crippen molar-refractivity contribution in [3.05, 3.63) is 0 Å². The van der Waals surface area contributed by atoms with E-state index in [1.165, 1.54) is 45.3 Å². The van der Waals surface area contributed by atoms with Crippen molar-refractivity contribution in [3.63, 3.8) is 0 Å². The summed E-state index contributed by atoms with van der Waals surface area (Å²) in [6.45, 7) is 6.51. The summed E-state index contributed by atoms with van der Waals surface area (Å²) in [5.41, 5.74) is 0. The third-order valence-electron chi connectivity index (χ3n) is 3.28. The quantitative estimate of drug-likeness (QED) is 0.600. The fourth-order valence-corrected chi connectivity index (χ4v) is 2.33. The highest BCUT2D eigenvalue weighted by atomic mass is 15.1. The molecule has 1 heteroatoms. The van der Waals surface area contributed by atoms with Crippen LogP contribution in [0.5, 0.6) is 0 Å². The van der Waals surface area contributed by atoms with Gasteiger partial charge in [-0.25, -0.2) is 0 Å². The second-order valence-electron chi connectivity index (χ2n) is 4.17. The zero-order valence-electron chi connectivity index (χ0n) is 7.55. The van der Waals surface area contributed by atoms with Crippen molar-refractivity contribution in [2.45, 2.75) is 32.6 Å². The monoisotopic (exact) mass is 153 g/mol. The molecule has 2 aliphatic rings. The molecule has 1 saturated heterocycles. The Morgan fingerprint density at radius 3 is 2.45 bits per heavy atom. The molecule has 1 saturated carbocycles. The van der Waals surface area contributed by atoms with Crippen molar-refractivity contribution in [2.24, 2.45) is 11.8 Å². The molecule has 0 radical (unpaired) electrons. The van der Waals surface area contributed by atoms with E-state index in [1.54, 1.807) is 0 Å². The number of rotatable bonds is 3. The molecular weight excluding hydrogens is 134 g/mol. The standard InChI is InChI=1S/C10H19N/c1-2-9-7-10(9)8-11-5-3-4-6-11/h9-10H,2-8H2,1H3. The molecule has 1 aliphatic heterocycles. The van der Waals surface area contributed by atoms with Gasteiger partial charge in [-0.3, -0.25) is 0 Å². The molecule has 2 unspecified atom stereocenters.